The van der Waals surface area contributed by atoms with Crippen LogP contribution in [-0.2, 0) is 14.9 Å². The van der Waals surface area contributed by atoms with Gasteiger partial charge < -0.3 is 10.2 Å². The molecule has 0 aliphatic carbocycles. The lowest BCUT2D eigenvalue weighted by molar-refractivity contribution is -0.133. The molecule has 2 heterocycles. The number of hydrogen-bond donors (Lipinski definition) is 2. The highest BCUT2D eigenvalue weighted by molar-refractivity contribution is 7.85. The average molecular weight is 482 g/mol. The minimum atomic E-state index is -4.02. The van der Waals surface area contributed by atoms with E-state index in [9.17, 15) is 13.2 Å². The number of allylic oxidation sites excluding steroid dienone is 1. The molecule has 0 bridgehead atoms. The molecule has 0 aromatic heterocycles. The molecule has 2 aromatic carbocycles. The highest BCUT2D eigenvalue weighted by atomic mass is 32.2. The van der Waals surface area contributed by atoms with Crippen molar-refractivity contribution in [1.29, 1.82) is 5.26 Å². The monoisotopic (exact) mass is 481 g/mol. The third-order valence-corrected chi connectivity index (χ3v) is 6.97. The van der Waals surface area contributed by atoms with Crippen LogP contribution in [0.1, 0.15) is 36.8 Å². The van der Waals surface area contributed by atoms with Crippen LogP contribution in [0.15, 0.2) is 65.6 Å². The molecule has 0 unspecified atom stereocenters. The summed E-state index contributed by atoms with van der Waals surface area (Å²) in [5.74, 6) is 0.607. The minimum Gasteiger partial charge on any atom is -0.325 e. The molecule has 2 fully saturated rings. The van der Waals surface area contributed by atoms with Crippen LogP contribution in [0.3, 0.4) is 0 Å². The van der Waals surface area contributed by atoms with Crippen LogP contribution in [0.4, 0.5) is 0 Å². The third-order valence-electron chi connectivity index (χ3n) is 6.10. The van der Waals surface area contributed by atoms with Crippen molar-refractivity contribution < 1.29 is 17.8 Å². The first-order valence-electron chi connectivity index (χ1n) is 11.5. The molecule has 2 aliphatic rings. The number of benzene rings is 2. The number of hydrogen-bond acceptors (Lipinski definition) is 5. The first-order chi connectivity index (χ1) is 16.3. The van der Waals surface area contributed by atoms with Gasteiger partial charge in [-0.15, -0.1) is 0 Å². The highest BCUT2D eigenvalue weighted by Gasteiger charge is 2.36. The number of rotatable bonds is 5. The van der Waals surface area contributed by atoms with Gasteiger partial charge in [-0.2, -0.15) is 13.7 Å². The maximum Gasteiger partial charge on any atom is 0.294 e. The summed E-state index contributed by atoms with van der Waals surface area (Å²) in [7, 11) is -4.02. The Morgan fingerprint density at radius 2 is 1.91 bits per heavy atom. The second kappa shape index (κ2) is 11.9. The Morgan fingerprint density at radius 3 is 2.56 bits per heavy atom. The third kappa shape index (κ3) is 7.26. The fraction of sp³-hybridized carbons (Fsp3) is 0.385. The molecule has 4 rings (SSSR count). The summed E-state index contributed by atoms with van der Waals surface area (Å²) in [5.41, 5.74) is 2.16. The molecular formula is C26H31N3O4S. The van der Waals surface area contributed by atoms with Gasteiger partial charge in [0.05, 0.1) is 17.0 Å². The van der Waals surface area contributed by atoms with Crippen LogP contribution in [-0.4, -0.2) is 49.0 Å². The second-order valence-electron chi connectivity index (χ2n) is 8.72. The van der Waals surface area contributed by atoms with Gasteiger partial charge in [-0.05, 0) is 62.8 Å². The molecule has 0 radical (unpaired) electrons. The van der Waals surface area contributed by atoms with E-state index < -0.39 is 10.1 Å². The highest BCUT2D eigenvalue weighted by Crippen LogP contribution is 2.24. The SMILES string of the molecule is Cc1ccc(S(=O)(=O)O)cc1.N#C[C@@H]1CCCN1C(=O)[C@@H]1C[C@H](C/C=C/c2ccccc2)CN1. The predicted octanol–water partition coefficient (Wildman–Crippen LogP) is 3.82. The van der Waals surface area contributed by atoms with E-state index in [1.54, 1.807) is 17.0 Å². The number of nitrogens with zero attached hydrogens (tertiary/aromatic N) is 2. The summed E-state index contributed by atoms with van der Waals surface area (Å²) in [6.07, 6.45) is 7.95. The minimum absolute atomic E-state index is 0.0666. The van der Waals surface area contributed by atoms with Crippen LogP contribution >= 0.6 is 0 Å². The van der Waals surface area contributed by atoms with Crippen molar-refractivity contribution in [3.8, 4) is 6.07 Å². The van der Waals surface area contributed by atoms with Crippen molar-refractivity contribution >= 4 is 22.1 Å². The van der Waals surface area contributed by atoms with E-state index in [0.717, 1.165) is 44.3 Å². The van der Waals surface area contributed by atoms with E-state index >= 15 is 0 Å². The van der Waals surface area contributed by atoms with E-state index in [0.29, 0.717) is 5.92 Å². The van der Waals surface area contributed by atoms with E-state index in [1.807, 2.05) is 25.1 Å². The average Bonchev–Trinajstić information content (AvgIpc) is 3.49. The van der Waals surface area contributed by atoms with Gasteiger partial charge in [0.25, 0.3) is 10.1 Å². The summed E-state index contributed by atoms with van der Waals surface area (Å²) in [6.45, 7) is 3.45. The summed E-state index contributed by atoms with van der Waals surface area (Å²) in [6, 6.07) is 18.2. The number of nitrogens with one attached hydrogen (secondary N) is 1. The number of carbonyl (C=O) groups is 1. The quantitative estimate of drug-likeness (QED) is 0.628. The van der Waals surface area contributed by atoms with E-state index in [2.05, 4.69) is 35.7 Å². The lowest BCUT2D eigenvalue weighted by atomic mass is 10.0. The summed E-state index contributed by atoms with van der Waals surface area (Å²) in [5, 5.41) is 12.5. The standard InChI is InChI=1S/C19H23N3O.C7H8O3S/c20-13-17-10-5-11-22(17)19(23)18-12-16(14-21-18)9-4-8-15-6-2-1-3-7-15;1-6-2-4-7(5-3-6)11(8,9)10/h1-4,6-8,16-18,21H,5,9-12,14H2;2-5H,1H3,(H,8,9,10)/b8-4+;/t16-,17-,18-;/m0./s1. The van der Waals surface area contributed by atoms with Gasteiger partial charge in [0, 0.05) is 6.54 Å². The molecular weight excluding hydrogens is 450 g/mol. The normalized spacial score (nSPS) is 22.3. The van der Waals surface area contributed by atoms with E-state index in [-0.39, 0.29) is 22.9 Å². The molecule has 8 heteroatoms. The first kappa shape index (κ1) is 25.6. The number of nitriles is 1. The van der Waals surface area contributed by atoms with Gasteiger partial charge in [-0.1, -0.05) is 60.2 Å². The molecule has 3 atom stereocenters. The molecule has 2 N–H and O–H groups in total. The Hall–Kier alpha value is -2.99. The Balaban J connectivity index is 0.000000248. The number of amides is 1. The largest absolute Gasteiger partial charge is 0.325 e. The van der Waals surface area contributed by atoms with Crippen LogP contribution < -0.4 is 5.32 Å². The zero-order valence-electron chi connectivity index (χ0n) is 19.3. The lowest BCUT2D eigenvalue weighted by Crippen LogP contribution is -2.45. The molecule has 180 valence electrons. The zero-order chi connectivity index (χ0) is 24.6. The van der Waals surface area contributed by atoms with Crippen molar-refractivity contribution in [2.75, 3.05) is 13.1 Å². The fourth-order valence-corrected chi connectivity index (χ4v) is 4.69. The molecule has 0 spiro atoms. The van der Waals surface area contributed by atoms with E-state index in [4.69, 9.17) is 9.81 Å². The number of likely N-dealkylation sites (tertiary alicyclic amines) is 1. The summed E-state index contributed by atoms with van der Waals surface area (Å²) >= 11 is 0. The Bertz CT molecular complexity index is 1120. The molecule has 2 saturated heterocycles. The summed E-state index contributed by atoms with van der Waals surface area (Å²) in [4.78, 5) is 14.2. The van der Waals surface area contributed by atoms with Crippen molar-refractivity contribution in [3.05, 3.63) is 71.8 Å². The van der Waals surface area contributed by atoms with Crippen molar-refractivity contribution in [2.24, 2.45) is 5.92 Å². The maximum absolute atomic E-state index is 12.6. The Labute approximate surface area is 201 Å². The molecule has 34 heavy (non-hydrogen) atoms. The zero-order valence-corrected chi connectivity index (χ0v) is 20.1. The molecule has 7 nitrogen and oxygen atoms in total. The predicted molar refractivity (Wildman–Crippen MR) is 131 cm³/mol. The Morgan fingerprint density at radius 1 is 1.21 bits per heavy atom. The maximum atomic E-state index is 12.6. The van der Waals surface area contributed by atoms with Crippen LogP contribution in [0.25, 0.3) is 6.08 Å². The molecule has 2 aliphatic heterocycles. The molecule has 2 aromatic rings. The van der Waals surface area contributed by atoms with Crippen molar-refractivity contribution in [1.82, 2.24) is 10.2 Å². The van der Waals surface area contributed by atoms with E-state index in [1.165, 1.54) is 17.7 Å². The topological polar surface area (TPSA) is 110 Å². The van der Waals surface area contributed by atoms with Gasteiger partial charge in [0.2, 0.25) is 5.91 Å². The van der Waals surface area contributed by atoms with Crippen molar-refractivity contribution in [3.63, 3.8) is 0 Å². The van der Waals surface area contributed by atoms with Crippen LogP contribution in [0, 0.1) is 24.2 Å². The van der Waals surface area contributed by atoms with Crippen LogP contribution in [0.5, 0.6) is 0 Å². The lowest BCUT2D eigenvalue weighted by Gasteiger charge is -2.23. The number of carbonyl (C=O) groups excluding carboxylic acids is 1. The first-order valence-corrected chi connectivity index (χ1v) is 12.9. The Kier molecular flexibility index (Phi) is 8.99. The molecule has 0 saturated carbocycles. The summed E-state index contributed by atoms with van der Waals surface area (Å²) < 4.78 is 29.6. The van der Waals surface area contributed by atoms with Gasteiger partial charge in [0.1, 0.15) is 6.04 Å². The van der Waals surface area contributed by atoms with Gasteiger partial charge in [-0.3, -0.25) is 9.35 Å². The van der Waals surface area contributed by atoms with Gasteiger partial charge >= 0.3 is 0 Å². The second-order valence-corrected chi connectivity index (χ2v) is 10.1. The van der Waals surface area contributed by atoms with Gasteiger partial charge in [0.15, 0.2) is 0 Å². The molecule has 1 amide bonds. The smallest absolute Gasteiger partial charge is 0.294 e. The van der Waals surface area contributed by atoms with Crippen LogP contribution in [0.2, 0.25) is 0 Å². The van der Waals surface area contributed by atoms with Crippen molar-refractivity contribution in [2.45, 2.75) is 49.6 Å². The fourth-order valence-electron chi connectivity index (χ4n) is 4.21. The van der Waals surface area contributed by atoms with Gasteiger partial charge in [-0.25, -0.2) is 0 Å². The number of aryl methyl sites for hydroxylation is 1.